The van der Waals surface area contributed by atoms with Gasteiger partial charge in [0.25, 0.3) is 5.91 Å². The number of anilines is 2. The first-order valence-electron chi connectivity index (χ1n) is 6.53. The molecule has 0 bridgehead atoms. The van der Waals surface area contributed by atoms with Crippen LogP contribution in [0.1, 0.15) is 42.3 Å². The first kappa shape index (κ1) is 13.2. The summed E-state index contributed by atoms with van der Waals surface area (Å²) in [6.07, 6.45) is 4.51. The van der Waals surface area contributed by atoms with Gasteiger partial charge in [0.05, 0.1) is 10.7 Å². The third-order valence-corrected chi connectivity index (χ3v) is 4.35. The number of nitrogens with two attached hydrogens (primary N) is 1. The van der Waals surface area contributed by atoms with Gasteiger partial charge in [0.2, 0.25) is 0 Å². The van der Waals surface area contributed by atoms with Crippen LogP contribution in [0.4, 0.5) is 10.7 Å². The molecule has 0 radical (unpaired) electrons. The first-order chi connectivity index (χ1) is 8.61. The van der Waals surface area contributed by atoms with Crippen molar-refractivity contribution in [2.75, 3.05) is 24.2 Å². The molecule has 1 fully saturated rings. The number of nitrogens with zero attached hydrogens (tertiary/aromatic N) is 1. The summed E-state index contributed by atoms with van der Waals surface area (Å²) in [5.41, 5.74) is 6.52. The molecule has 1 aliphatic carbocycles. The molecule has 5 heteroatoms. The van der Waals surface area contributed by atoms with Crippen LogP contribution in [-0.4, -0.2) is 25.5 Å². The molecule has 1 heterocycles. The molecule has 1 amide bonds. The minimum atomic E-state index is -0.0184. The monoisotopic (exact) mass is 267 g/mol. The second kappa shape index (κ2) is 5.61. The molecule has 1 aromatic rings. The quantitative estimate of drug-likeness (QED) is 0.832. The van der Waals surface area contributed by atoms with Gasteiger partial charge in [-0.15, -0.1) is 11.3 Å². The van der Waals surface area contributed by atoms with E-state index in [-0.39, 0.29) is 5.91 Å². The highest BCUT2D eigenvalue weighted by molar-refractivity contribution is 7.18. The van der Waals surface area contributed by atoms with E-state index in [1.165, 1.54) is 17.8 Å². The number of hydrogen-bond acceptors (Lipinski definition) is 4. The molecule has 1 aromatic heterocycles. The maximum absolute atomic E-state index is 12.0. The maximum Gasteiger partial charge on any atom is 0.263 e. The van der Waals surface area contributed by atoms with Gasteiger partial charge in [-0.3, -0.25) is 4.79 Å². The van der Waals surface area contributed by atoms with E-state index in [1.807, 2.05) is 13.1 Å². The Morgan fingerprint density at radius 1 is 1.61 bits per heavy atom. The molecule has 0 unspecified atom stereocenters. The number of thiophene rings is 1. The van der Waals surface area contributed by atoms with E-state index in [4.69, 9.17) is 5.73 Å². The normalized spacial score (nSPS) is 14.6. The second-order valence-electron chi connectivity index (χ2n) is 4.89. The highest BCUT2D eigenvalue weighted by Crippen LogP contribution is 2.32. The molecule has 18 heavy (non-hydrogen) atoms. The van der Waals surface area contributed by atoms with E-state index in [2.05, 4.69) is 17.1 Å². The van der Waals surface area contributed by atoms with Gasteiger partial charge in [-0.05, 0) is 25.3 Å². The number of nitrogen functional groups attached to an aromatic ring is 1. The molecule has 1 aliphatic rings. The molecule has 0 spiro atoms. The topological polar surface area (TPSA) is 58.4 Å². The summed E-state index contributed by atoms with van der Waals surface area (Å²) in [4.78, 5) is 14.8. The summed E-state index contributed by atoms with van der Waals surface area (Å²) in [7, 11) is 2.05. The molecule has 0 atom stereocenters. The lowest BCUT2D eigenvalue weighted by Gasteiger charge is -2.15. The highest BCUT2D eigenvalue weighted by Gasteiger charge is 2.25. The summed E-state index contributed by atoms with van der Waals surface area (Å²) in [6.45, 7) is 3.17. The van der Waals surface area contributed by atoms with Crippen molar-refractivity contribution in [2.24, 2.45) is 0 Å². The molecule has 0 saturated heterocycles. The van der Waals surface area contributed by atoms with Crippen molar-refractivity contribution in [3.05, 3.63) is 10.9 Å². The summed E-state index contributed by atoms with van der Waals surface area (Å²) < 4.78 is 0. The zero-order valence-electron chi connectivity index (χ0n) is 11.0. The van der Waals surface area contributed by atoms with Crippen LogP contribution in [0.3, 0.4) is 0 Å². The Labute approximate surface area is 112 Å². The summed E-state index contributed by atoms with van der Waals surface area (Å²) in [5, 5.41) is 4.05. The number of nitrogens with one attached hydrogen (secondary N) is 1. The second-order valence-corrected chi connectivity index (χ2v) is 5.92. The Kier molecular flexibility index (Phi) is 4.11. The molecule has 3 N–H and O–H groups in total. The first-order valence-corrected chi connectivity index (χ1v) is 7.34. The van der Waals surface area contributed by atoms with Crippen molar-refractivity contribution in [3.63, 3.8) is 0 Å². The van der Waals surface area contributed by atoms with Gasteiger partial charge in [-0.2, -0.15) is 0 Å². The molecular formula is C13H21N3OS. The van der Waals surface area contributed by atoms with Crippen LogP contribution in [0.2, 0.25) is 0 Å². The summed E-state index contributed by atoms with van der Waals surface area (Å²) >= 11 is 1.48. The van der Waals surface area contributed by atoms with Crippen LogP contribution in [-0.2, 0) is 0 Å². The van der Waals surface area contributed by atoms with Crippen molar-refractivity contribution >= 4 is 27.9 Å². The fraction of sp³-hybridized carbons (Fsp3) is 0.615. The molecule has 4 nitrogen and oxygen atoms in total. The van der Waals surface area contributed by atoms with Gasteiger partial charge in [0.1, 0.15) is 4.88 Å². The van der Waals surface area contributed by atoms with Gasteiger partial charge < -0.3 is 16.0 Å². The summed E-state index contributed by atoms with van der Waals surface area (Å²) in [5.74, 6) is -0.0184. The number of rotatable bonds is 6. The fourth-order valence-electron chi connectivity index (χ4n) is 1.74. The zero-order chi connectivity index (χ0) is 13.1. The van der Waals surface area contributed by atoms with E-state index >= 15 is 0 Å². The third-order valence-electron chi connectivity index (χ3n) is 3.09. The van der Waals surface area contributed by atoms with Crippen LogP contribution in [0.15, 0.2) is 6.07 Å². The molecular weight excluding hydrogens is 246 g/mol. The largest absolute Gasteiger partial charge is 0.397 e. The fourth-order valence-corrected chi connectivity index (χ4v) is 2.71. The lowest BCUT2D eigenvalue weighted by Crippen LogP contribution is -2.25. The Morgan fingerprint density at radius 2 is 2.33 bits per heavy atom. The van der Waals surface area contributed by atoms with Crippen molar-refractivity contribution in [1.82, 2.24) is 5.32 Å². The van der Waals surface area contributed by atoms with Crippen molar-refractivity contribution < 1.29 is 4.79 Å². The lowest BCUT2D eigenvalue weighted by molar-refractivity contribution is 0.0956. The van der Waals surface area contributed by atoms with Crippen molar-refractivity contribution in [2.45, 2.75) is 38.6 Å². The minimum Gasteiger partial charge on any atom is -0.397 e. The van der Waals surface area contributed by atoms with Crippen LogP contribution in [0, 0.1) is 0 Å². The Balaban J connectivity index is 2.02. The molecule has 100 valence electrons. The van der Waals surface area contributed by atoms with Gasteiger partial charge in [-0.1, -0.05) is 13.3 Å². The smallest absolute Gasteiger partial charge is 0.263 e. The van der Waals surface area contributed by atoms with Gasteiger partial charge in [-0.25, -0.2) is 0 Å². The number of carbonyl (C=O) groups excluding carboxylic acids is 1. The lowest BCUT2D eigenvalue weighted by atomic mass is 10.3. The number of hydrogen-bond donors (Lipinski definition) is 2. The number of unbranched alkanes of at least 4 members (excludes halogenated alkanes) is 1. The third kappa shape index (κ3) is 3.16. The molecule has 1 saturated carbocycles. The van der Waals surface area contributed by atoms with E-state index in [1.54, 1.807) is 0 Å². The standard InChI is InChI=1S/C13H21N3OS/c1-3-4-7-16(2)11-8-10(14)12(18-11)13(17)15-9-5-6-9/h8-9H,3-7,14H2,1-2H3,(H,15,17). The van der Waals surface area contributed by atoms with Gasteiger partial charge in [0, 0.05) is 19.6 Å². The summed E-state index contributed by atoms with van der Waals surface area (Å²) in [6, 6.07) is 2.28. The van der Waals surface area contributed by atoms with Crippen LogP contribution in [0.5, 0.6) is 0 Å². The average molecular weight is 267 g/mol. The predicted octanol–water partition coefficient (Wildman–Crippen LogP) is 2.46. The van der Waals surface area contributed by atoms with Crippen molar-refractivity contribution in [1.29, 1.82) is 0 Å². The van der Waals surface area contributed by atoms with Crippen LogP contribution in [0.25, 0.3) is 0 Å². The average Bonchev–Trinajstić information content (AvgIpc) is 3.06. The number of amides is 1. The molecule has 0 aliphatic heterocycles. The van der Waals surface area contributed by atoms with E-state index in [0.29, 0.717) is 16.6 Å². The zero-order valence-corrected chi connectivity index (χ0v) is 11.8. The van der Waals surface area contributed by atoms with E-state index in [9.17, 15) is 4.79 Å². The molecule has 0 aromatic carbocycles. The maximum atomic E-state index is 12.0. The Bertz CT molecular complexity index is 426. The molecule has 2 rings (SSSR count). The predicted molar refractivity (Wildman–Crippen MR) is 77.4 cm³/mol. The van der Waals surface area contributed by atoms with Crippen LogP contribution >= 0.6 is 11.3 Å². The Morgan fingerprint density at radius 3 is 2.94 bits per heavy atom. The highest BCUT2D eigenvalue weighted by atomic mass is 32.1. The van der Waals surface area contributed by atoms with E-state index in [0.717, 1.165) is 30.8 Å². The minimum absolute atomic E-state index is 0.0184. The van der Waals surface area contributed by atoms with Gasteiger partial charge >= 0.3 is 0 Å². The number of carbonyl (C=O) groups is 1. The SMILES string of the molecule is CCCCN(C)c1cc(N)c(C(=O)NC2CC2)s1. The van der Waals surface area contributed by atoms with Crippen molar-refractivity contribution in [3.8, 4) is 0 Å². The Hall–Kier alpha value is -1.23. The van der Waals surface area contributed by atoms with Crippen LogP contribution < -0.4 is 16.0 Å². The van der Waals surface area contributed by atoms with Gasteiger partial charge in [0.15, 0.2) is 0 Å². The van der Waals surface area contributed by atoms with E-state index < -0.39 is 0 Å².